The normalized spacial score (nSPS) is 20.2. The van der Waals surface area contributed by atoms with Gasteiger partial charge in [0.2, 0.25) is 10.0 Å². The molecule has 0 saturated carbocycles. The van der Waals surface area contributed by atoms with Gasteiger partial charge in [0.1, 0.15) is 23.4 Å². The maximum atomic E-state index is 14.5. The van der Waals surface area contributed by atoms with E-state index < -0.39 is 51.7 Å². The van der Waals surface area contributed by atoms with Crippen molar-refractivity contribution in [1.82, 2.24) is 14.3 Å². The van der Waals surface area contributed by atoms with Gasteiger partial charge in [0.25, 0.3) is 0 Å². The van der Waals surface area contributed by atoms with Crippen LogP contribution in [0, 0.1) is 5.82 Å². The summed E-state index contributed by atoms with van der Waals surface area (Å²) >= 11 is 0. The van der Waals surface area contributed by atoms with Gasteiger partial charge in [-0.05, 0) is 49.7 Å². The number of nitrogens with zero attached hydrogens (tertiary/aromatic N) is 3. The van der Waals surface area contributed by atoms with Gasteiger partial charge in [0.15, 0.2) is 5.78 Å². The Morgan fingerprint density at radius 3 is 2.41 bits per heavy atom. The number of aromatic nitrogens is 2. The molecule has 0 unspecified atom stereocenters. The third-order valence-corrected chi connectivity index (χ3v) is 8.65. The van der Waals surface area contributed by atoms with Crippen LogP contribution in [0.2, 0.25) is 0 Å². The van der Waals surface area contributed by atoms with Crippen LogP contribution >= 0.6 is 0 Å². The number of Topliss-reactive ketones (excluding diaryl/α,β-unsaturated/α-hetero) is 1. The van der Waals surface area contributed by atoms with Crippen molar-refractivity contribution in [2.75, 3.05) is 13.7 Å². The lowest BCUT2D eigenvalue weighted by Gasteiger charge is -2.32. The zero-order chi connectivity index (χ0) is 28.6. The lowest BCUT2D eigenvalue weighted by molar-refractivity contribution is -0.141. The van der Waals surface area contributed by atoms with Crippen molar-refractivity contribution in [1.29, 1.82) is 0 Å². The Balaban J connectivity index is 1.56. The highest BCUT2D eigenvalue weighted by Crippen LogP contribution is 2.38. The molecular weight excluding hydrogens is 545 g/mol. The Morgan fingerprint density at radius 2 is 1.82 bits per heavy atom. The average Bonchev–Trinajstić information content (AvgIpc) is 3.22. The average molecular weight is 570 g/mol. The summed E-state index contributed by atoms with van der Waals surface area (Å²) in [4.78, 5) is 20.8. The van der Waals surface area contributed by atoms with Gasteiger partial charge in [-0.1, -0.05) is 6.07 Å². The number of carbonyl (C=O) groups excluding carboxylic acids is 1. The van der Waals surface area contributed by atoms with Gasteiger partial charge < -0.3 is 4.74 Å². The van der Waals surface area contributed by atoms with E-state index in [1.165, 1.54) is 26.3 Å². The molecule has 0 amide bonds. The maximum absolute atomic E-state index is 14.5. The molecule has 208 valence electrons. The van der Waals surface area contributed by atoms with E-state index in [1.54, 1.807) is 6.07 Å². The first-order valence-corrected chi connectivity index (χ1v) is 13.2. The molecule has 1 aliphatic rings. The van der Waals surface area contributed by atoms with Gasteiger partial charge in [0.05, 0.1) is 23.7 Å². The standard InChI is InChI=1S/C26H24F5N3O4S/c1-25(12-18(28)15-34(25)39(36,37)20-7-4-17(27)5-8-20)24(35)10-6-19-11-21(22(38-2)14-32-19)16-3-9-23(33-13-16)26(29,30)31/h3-5,7-9,11,13-14,18H,6,10,12,15H2,1-2H3/t18-,25+/m1/s1. The fourth-order valence-corrected chi connectivity index (χ4v) is 6.37. The van der Waals surface area contributed by atoms with E-state index in [2.05, 4.69) is 9.97 Å². The van der Waals surface area contributed by atoms with Crippen LogP contribution in [0.15, 0.2) is 59.8 Å². The van der Waals surface area contributed by atoms with E-state index in [0.717, 1.165) is 40.8 Å². The van der Waals surface area contributed by atoms with Crippen LogP contribution in [0.4, 0.5) is 22.0 Å². The molecule has 3 aromatic rings. The smallest absolute Gasteiger partial charge is 0.433 e. The number of ketones is 1. The second-order valence-corrected chi connectivity index (χ2v) is 11.2. The number of rotatable bonds is 8. The number of sulfonamides is 1. The molecule has 0 aliphatic carbocycles. The molecule has 3 heterocycles. The quantitative estimate of drug-likeness (QED) is 0.355. The molecule has 0 radical (unpaired) electrons. The summed E-state index contributed by atoms with van der Waals surface area (Å²) in [6.45, 7) is 0.838. The van der Waals surface area contributed by atoms with Gasteiger partial charge in [-0.2, -0.15) is 17.5 Å². The zero-order valence-corrected chi connectivity index (χ0v) is 21.7. The topological polar surface area (TPSA) is 89.5 Å². The van der Waals surface area contributed by atoms with E-state index in [4.69, 9.17) is 4.74 Å². The van der Waals surface area contributed by atoms with Crippen LogP contribution in [0.3, 0.4) is 0 Å². The van der Waals surface area contributed by atoms with Crippen molar-refractivity contribution >= 4 is 15.8 Å². The van der Waals surface area contributed by atoms with Crippen LogP contribution in [0.1, 0.15) is 31.2 Å². The molecule has 4 rings (SSSR count). The summed E-state index contributed by atoms with van der Waals surface area (Å²) in [7, 11) is -2.94. The summed E-state index contributed by atoms with van der Waals surface area (Å²) in [6, 6.07) is 7.66. The Labute approximate surface area is 221 Å². The third-order valence-electron chi connectivity index (χ3n) is 6.65. The van der Waals surface area contributed by atoms with Gasteiger partial charge in [-0.15, -0.1) is 0 Å². The van der Waals surface area contributed by atoms with Crippen LogP contribution < -0.4 is 4.74 Å². The minimum absolute atomic E-state index is 0.0425. The predicted molar refractivity (Wildman–Crippen MR) is 131 cm³/mol. The molecule has 7 nitrogen and oxygen atoms in total. The minimum atomic E-state index is -4.60. The van der Waals surface area contributed by atoms with Crippen molar-refractivity contribution in [2.45, 2.75) is 49.0 Å². The number of ether oxygens (including phenoxy) is 1. The van der Waals surface area contributed by atoms with Gasteiger partial charge in [-0.3, -0.25) is 14.8 Å². The van der Waals surface area contributed by atoms with Gasteiger partial charge in [0, 0.05) is 42.4 Å². The van der Waals surface area contributed by atoms with E-state index in [1.807, 2.05) is 0 Å². The molecule has 2 aromatic heterocycles. The summed E-state index contributed by atoms with van der Waals surface area (Å²) < 4.78 is 99.1. The van der Waals surface area contributed by atoms with Gasteiger partial charge in [-0.25, -0.2) is 17.2 Å². The molecule has 39 heavy (non-hydrogen) atoms. The summed E-state index contributed by atoms with van der Waals surface area (Å²) in [5, 5.41) is 0. The molecule has 1 saturated heterocycles. The second-order valence-electron chi connectivity index (χ2n) is 9.29. The van der Waals surface area contributed by atoms with Crippen LogP contribution in [-0.4, -0.2) is 53.8 Å². The highest BCUT2D eigenvalue weighted by Gasteiger charge is 2.52. The Hall–Kier alpha value is -3.45. The number of halogens is 5. The largest absolute Gasteiger partial charge is 0.494 e. The predicted octanol–water partition coefficient (Wildman–Crippen LogP) is 5.00. The van der Waals surface area contributed by atoms with Gasteiger partial charge >= 0.3 is 6.18 Å². The van der Waals surface area contributed by atoms with Crippen molar-refractivity contribution in [3.63, 3.8) is 0 Å². The van der Waals surface area contributed by atoms with E-state index in [0.29, 0.717) is 16.8 Å². The Kier molecular flexibility index (Phi) is 7.77. The number of benzene rings is 1. The van der Waals surface area contributed by atoms with Crippen molar-refractivity contribution in [3.05, 3.63) is 72.1 Å². The fraction of sp³-hybridized carbons (Fsp3) is 0.346. The van der Waals surface area contributed by atoms with Crippen molar-refractivity contribution < 1.29 is 39.9 Å². The number of alkyl halides is 4. The molecule has 2 atom stereocenters. The first-order valence-electron chi connectivity index (χ1n) is 11.8. The highest BCUT2D eigenvalue weighted by molar-refractivity contribution is 7.89. The number of pyridine rings is 2. The highest BCUT2D eigenvalue weighted by atomic mass is 32.2. The molecule has 1 fully saturated rings. The molecule has 0 bridgehead atoms. The van der Waals surface area contributed by atoms with Crippen molar-refractivity contribution in [2.24, 2.45) is 0 Å². The molecule has 1 aliphatic heterocycles. The molecule has 0 spiro atoms. The Morgan fingerprint density at radius 1 is 1.13 bits per heavy atom. The second kappa shape index (κ2) is 10.6. The molecule has 13 heteroatoms. The molecule has 0 N–H and O–H groups in total. The first kappa shape index (κ1) is 28.6. The zero-order valence-electron chi connectivity index (χ0n) is 20.9. The monoisotopic (exact) mass is 569 g/mol. The maximum Gasteiger partial charge on any atom is 0.433 e. The third kappa shape index (κ3) is 5.78. The fourth-order valence-electron chi connectivity index (χ4n) is 4.57. The van der Waals surface area contributed by atoms with E-state index in [-0.39, 0.29) is 29.9 Å². The number of hydrogen-bond donors (Lipinski definition) is 0. The molecule has 1 aromatic carbocycles. The number of aryl methyl sites for hydroxylation is 1. The van der Waals surface area contributed by atoms with E-state index >= 15 is 0 Å². The summed E-state index contributed by atoms with van der Waals surface area (Å²) in [5.41, 5.74) is -1.63. The lowest BCUT2D eigenvalue weighted by atomic mass is 9.90. The number of carbonyl (C=O) groups is 1. The summed E-state index contributed by atoms with van der Waals surface area (Å²) in [5.74, 6) is -0.911. The number of hydrogen-bond acceptors (Lipinski definition) is 6. The van der Waals surface area contributed by atoms with Crippen molar-refractivity contribution in [3.8, 4) is 16.9 Å². The Bertz CT molecular complexity index is 1460. The lowest BCUT2D eigenvalue weighted by Crippen LogP contribution is -2.50. The first-order chi connectivity index (χ1) is 18.3. The molecular formula is C26H24F5N3O4S. The summed E-state index contributed by atoms with van der Waals surface area (Å²) in [6.07, 6.45) is -4.26. The van der Waals surface area contributed by atoms with E-state index in [9.17, 15) is 35.2 Å². The van der Waals surface area contributed by atoms with Crippen LogP contribution in [0.25, 0.3) is 11.1 Å². The van der Waals surface area contributed by atoms with Crippen LogP contribution in [-0.2, 0) is 27.4 Å². The van der Waals surface area contributed by atoms with Crippen LogP contribution in [0.5, 0.6) is 5.75 Å². The minimum Gasteiger partial charge on any atom is -0.494 e. The number of methoxy groups -OCH3 is 1. The SMILES string of the molecule is COc1cnc(CCC(=O)[C@]2(C)C[C@@H](F)CN2S(=O)(=O)c2ccc(F)cc2)cc1-c1ccc(C(F)(F)F)nc1.